The van der Waals surface area contributed by atoms with Crippen molar-refractivity contribution in [3.8, 4) is 5.75 Å². The smallest absolute Gasteiger partial charge is 0.137 e. The van der Waals surface area contributed by atoms with Crippen LogP contribution in [0.5, 0.6) is 5.75 Å². The van der Waals surface area contributed by atoms with E-state index in [1.807, 2.05) is 53.1 Å². The van der Waals surface area contributed by atoms with E-state index in [9.17, 15) is 8.78 Å². The average Bonchev–Trinajstić information content (AvgIpc) is 3.21. The van der Waals surface area contributed by atoms with Crippen LogP contribution in [0.3, 0.4) is 0 Å². The van der Waals surface area contributed by atoms with Gasteiger partial charge < -0.3 is 9.30 Å². The molecule has 6 heteroatoms. The van der Waals surface area contributed by atoms with Crippen LogP contribution >= 0.6 is 11.6 Å². The van der Waals surface area contributed by atoms with Crippen LogP contribution in [0, 0.1) is 11.6 Å². The molecule has 1 aromatic heterocycles. The fraction of sp³-hybridized carbons (Fsp3) is 0.0690. The first kappa shape index (κ1) is 22.8. The Hall–Kier alpha value is -3.96. The molecule has 0 aliphatic heterocycles. The lowest BCUT2D eigenvalue weighted by Crippen LogP contribution is -2.10. The molecule has 0 aliphatic carbocycles. The van der Waals surface area contributed by atoms with E-state index in [0.29, 0.717) is 46.4 Å². The number of halogens is 3. The van der Waals surface area contributed by atoms with Gasteiger partial charge in [-0.2, -0.15) is 0 Å². The van der Waals surface area contributed by atoms with E-state index in [2.05, 4.69) is 0 Å². The minimum Gasteiger partial charge on any atom is -0.490 e. The second-order valence-corrected chi connectivity index (χ2v) is 8.38. The molecule has 0 N–H and O–H groups in total. The van der Waals surface area contributed by atoms with Crippen LogP contribution in [0.4, 0.5) is 8.78 Å². The van der Waals surface area contributed by atoms with Crippen LogP contribution in [0.25, 0.3) is 22.7 Å². The molecule has 0 unspecified atom stereocenters. The van der Waals surface area contributed by atoms with Crippen LogP contribution in [-0.2, 0) is 6.54 Å². The number of rotatable bonds is 7. The van der Waals surface area contributed by atoms with Crippen molar-refractivity contribution in [2.45, 2.75) is 6.54 Å². The van der Waals surface area contributed by atoms with Gasteiger partial charge in [0.1, 0.15) is 29.8 Å². The van der Waals surface area contributed by atoms with Gasteiger partial charge in [-0.3, -0.25) is 0 Å². The lowest BCUT2D eigenvalue weighted by molar-refractivity contribution is 0.300. The van der Waals surface area contributed by atoms with E-state index in [0.717, 1.165) is 11.0 Å². The Labute approximate surface area is 206 Å². The van der Waals surface area contributed by atoms with Gasteiger partial charge in [-0.05, 0) is 71.3 Å². The van der Waals surface area contributed by atoms with Gasteiger partial charge in [0.25, 0.3) is 0 Å². The van der Waals surface area contributed by atoms with Crippen LogP contribution in [0.2, 0.25) is 5.02 Å². The van der Waals surface area contributed by atoms with Gasteiger partial charge in [0.05, 0.1) is 22.6 Å². The van der Waals surface area contributed by atoms with Crippen LogP contribution < -0.4 is 4.74 Å². The minimum atomic E-state index is -0.369. The number of fused-ring (bicyclic) bond motifs is 1. The molecule has 1 heterocycles. The van der Waals surface area contributed by atoms with Crippen molar-refractivity contribution in [2.24, 2.45) is 0 Å². The zero-order chi connectivity index (χ0) is 24.2. The van der Waals surface area contributed by atoms with E-state index in [1.165, 1.54) is 24.3 Å². The molecule has 0 saturated carbocycles. The molecule has 35 heavy (non-hydrogen) atoms. The first-order valence-corrected chi connectivity index (χ1v) is 11.5. The Bertz CT molecular complexity index is 1480. The van der Waals surface area contributed by atoms with Gasteiger partial charge in [-0.1, -0.05) is 60.1 Å². The molecule has 0 fully saturated rings. The molecule has 5 aromatic rings. The van der Waals surface area contributed by atoms with Crippen molar-refractivity contribution in [1.29, 1.82) is 0 Å². The summed E-state index contributed by atoms with van der Waals surface area (Å²) in [6.07, 6.45) is 1.86. The summed E-state index contributed by atoms with van der Waals surface area (Å²) >= 11 is 6.23. The zero-order valence-corrected chi connectivity index (χ0v) is 19.4. The third kappa shape index (κ3) is 5.10. The van der Waals surface area contributed by atoms with E-state index >= 15 is 0 Å². The molecule has 174 valence electrons. The molecular weight excluding hydrogens is 466 g/mol. The molecule has 4 aromatic carbocycles. The van der Waals surface area contributed by atoms with E-state index in [1.54, 1.807) is 30.3 Å². The summed E-state index contributed by atoms with van der Waals surface area (Å²) in [4.78, 5) is 4.81. The summed E-state index contributed by atoms with van der Waals surface area (Å²) in [6, 6.07) is 27.6. The van der Waals surface area contributed by atoms with Gasteiger partial charge in [-0.25, -0.2) is 13.8 Å². The zero-order valence-electron chi connectivity index (χ0n) is 18.7. The minimum absolute atomic E-state index is 0.361. The number of imidazole rings is 1. The standard InChI is InChI=1S/C29H21ClF2N2O/c30-25-11-1-4-14-28(25)35-16-15-34-27-13-3-2-12-26(27)33-29(34)19-24(20-7-5-9-22(31)17-20)21-8-6-10-23(32)18-21/h1-14,17-19H,15-16H2. The van der Waals surface area contributed by atoms with Crippen molar-refractivity contribution >= 4 is 34.3 Å². The predicted molar refractivity (Wildman–Crippen MR) is 136 cm³/mol. The van der Waals surface area contributed by atoms with Gasteiger partial charge in [0, 0.05) is 0 Å². The van der Waals surface area contributed by atoms with Crippen LogP contribution in [0.1, 0.15) is 17.0 Å². The second-order valence-electron chi connectivity index (χ2n) is 7.97. The lowest BCUT2D eigenvalue weighted by Gasteiger charge is -2.12. The van der Waals surface area contributed by atoms with Crippen LogP contribution in [0.15, 0.2) is 97.1 Å². The highest BCUT2D eigenvalue weighted by Gasteiger charge is 2.13. The molecule has 0 saturated heterocycles. The maximum absolute atomic E-state index is 14.1. The molecule has 5 rings (SSSR count). The maximum atomic E-state index is 14.1. The molecule has 0 radical (unpaired) electrons. The molecule has 0 aliphatic rings. The SMILES string of the molecule is Fc1cccc(C(=Cc2nc3ccccc3n2CCOc2ccccc2Cl)c2cccc(F)c2)c1. The Balaban J connectivity index is 1.58. The number of ether oxygens (including phenoxy) is 1. The number of nitrogens with zero attached hydrogens (tertiary/aromatic N) is 2. The Morgan fingerprint density at radius 3 is 2.17 bits per heavy atom. The molecule has 0 amide bonds. The van der Waals surface area contributed by atoms with Crippen molar-refractivity contribution < 1.29 is 13.5 Å². The summed E-state index contributed by atoms with van der Waals surface area (Å²) in [5, 5.41) is 0.544. The van der Waals surface area contributed by atoms with Crippen molar-refractivity contribution in [3.63, 3.8) is 0 Å². The Kier molecular flexibility index (Phi) is 6.59. The summed E-state index contributed by atoms with van der Waals surface area (Å²) in [7, 11) is 0. The van der Waals surface area contributed by atoms with Gasteiger partial charge >= 0.3 is 0 Å². The fourth-order valence-corrected chi connectivity index (χ4v) is 4.21. The third-order valence-electron chi connectivity index (χ3n) is 5.64. The molecule has 0 bridgehead atoms. The van der Waals surface area contributed by atoms with Gasteiger partial charge in [-0.15, -0.1) is 0 Å². The number of aromatic nitrogens is 2. The van der Waals surface area contributed by atoms with Gasteiger partial charge in [0.2, 0.25) is 0 Å². The highest BCUT2D eigenvalue weighted by Crippen LogP contribution is 2.29. The Morgan fingerprint density at radius 2 is 1.49 bits per heavy atom. The maximum Gasteiger partial charge on any atom is 0.137 e. The van der Waals surface area contributed by atoms with Crippen molar-refractivity contribution in [1.82, 2.24) is 9.55 Å². The summed E-state index contributed by atoms with van der Waals surface area (Å²) < 4.78 is 36.2. The van der Waals surface area contributed by atoms with Crippen molar-refractivity contribution in [2.75, 3.05) is 6.61 Å². The monoisotopic (exact) mass is 486 g/mol. The summed E-state index contributed by atoms with van der Waals surface area (Å²) in [5.74, 6) is 0.520. The summed E-state index contributed by atoms with van der Waals surface area (Å²) in [5.41, 5.74) is 3.66. The Morgan fingerprint density at radius 1 is 0.829 bits per heavy atom. The molecular formula is C29H21ClF2N2O. The van der Waals surface area contributed by atoms with E-state index < -0.39 is 0 Å². The summed E-state index contributed by atoms with van der Waals surface area (Å²) in [6.45, 7) is 0.858. The third-order valence-corrected chi connectivity index (χ3v) is 5.95. The van der Waals surface area contributed by atoms with Crippen LogP contribution in [-0.4, -0.2) is 16.2 Å². The highest BCUT2D eigenvalue weighted by atomic mass is 35.5. The number of para-hydroxylation sites is 3. The average molecular weight is 487 g/mol. The highest BCUT2D eigenvalue weighted by molar-refractivity contribution is 6.32. The molecule has 3 nitrogen and oxygen atoms in total. The van der Waals surface area contributed by atoms with Gasteiger partial charge in [0.15, 0.2) is 0 Å². The van der Waals surface area contributed by atoms with E-state index in [4.69, 9.17) is 21.3 Å². The lowest BCUT2D eigenvalue weighted by atomic mass is 9.97. The first-order valence-electron chi connectivity index (χ1n) is 11.1. The largest absolute Gasteiger partial charge is 0.490 e. The van der Waals surface area contributed by atoms with Crippen molar-refractivity contribution in [3.05, 3.63) is 131 Å². The quantitative estimate of drug-likeness (QED) is 0.236. The normalized spacial score (nSPS) is 10.9. The molecule has 0 atom stereocenters. The topological polar surface area (TPSA) is 27.1 Å². The number of benzene rings is 4. The fourth-order valence-electron chi connectivity index (χ4n) is 4.02. The first-order chi connectivity index (χ1) is 17.1. The van der Waals surface area contributed by atoms with E-state index in [-0.39, 0.29) is 11.6 Å². The number of hydrogen-bond acceptors (Lipinski definition) is 2. The second kappa shape index (κ2) is 10.1. The predicted octanol–water partition coefficient (Wildman–Crippen LogP) is 7.64. The number of hydrogen-bond donors (Lipinski definition) is 0. The molecule has 0 spiro atoms.